The second-order valence-electron chi connectivity index (χ2n) is 9.50. The van der Waals surface area contributed by atoms with Gasteiger partial charge in [0, 0.05) is 0 Å². The summed E-state index contributed by atoms with van der Waals surface area (Å²) in [5.41, 5.74) is 6.88. The molecule has 1 fully saturated rings. The Kier molecular flexibility index (Phi) is 6.45. The van der Waals surface area contributed by atoms with Crippen LogP contribution in [0.2, 0.25) is 0 Å². The monoisotopic (exact) mass is 342 g/mol. The summed E-state index contributed by atoms with van der Waals surface area (Å²) in [4.78, 5) is 0. The fourth-order valence-electron chi connectivity index (χ4n) is 5.40. The van der Waals surface area contributed by atoms with Crippen LogP contribution in [0.5, 0.6) is 0 Å². The van der Waals surface area contributed by atoms with E-state index in [0.29, 0.717) is 11.3 Å². The van der Waals surface area contributed by atoms with Gasteiger partial charge >= 0.3 is 0 Å². The van der Waals surface area contributed by atoms with Crippen LogP contribution in [-0.4, -0.2) is 0 Å². The van der Waals surface area contributed by atoms with Crippen LogP contribution in [0.1, 0.15) is 96.4 Å². The van der Waals surface area contributed by atoms with E-state index in [1.165, 1.54) is 31.2 Å². The van der Waals surface area contributed by atoms with Crippen molar-refractivity contribution < 1.29 is 0 Å². The highest BCUT2D eigenvalue weighted by Gasteiger charge is 2.50. The number of hydrogen-bond donors (Lipinski definition) is 0. The highest BCUT2D eigenvalue weighted by Crippen LogP contribution is 2.56. The lowest BCUT2D eigenvalue weighted by Gasteiger charge is -2.57. The third-order valence-electron chi connectivity index (χ3n) is 8.23. The summed E-state index contributed by atoms with van der Waals surface area (Å²) < 4.78 is 0. The average molecular weight is 343 g/mol. The molecular formula is C25H42. The zero-order chi connectivity index (χ0) is 18.9. The molecule has 1 aromatic carbocycles. The molecule has 0 radical (unpaired) electrons. The van der Waals surface area contributed by atoms with E-state index in [9.17, 15) is 0 Å². The maximum Gasteiger partial charge on any atom is -0.0136 e. The molecule has 4 atom stereocenters. The molecule has 25 heavy (non-hydrogen) atoms. The van der Waals surface area contributed by atoms with Gasteiger partial charge in [-0.3, -0.25) is 0 Å². The van der Waals surface area contributed by atoms with Crippen LogP contribution in [0.4, 0.5) is 0 Å². The molecule has 1 aromatic rings. The SMILES string of the molecule is CCc1cc(C(CC)C(C)CC)c(C)cc1CC1C(C)C(C)(C)C1C. The second-order valence-corrected chi connectivity index (χ2v) is 9.50. The van der Waals surface area contributed by atoms with E-state index in [1.807, 2.05) is 0 Å². The van der Waals surface area contributed by atoms with Gasteiger partial charge in [-0.05, 0) is 83.4 Å². The predicted molar refractivity (Wildman–Crippen MR) is 112 cm³/mol. The number of hydrogen-bond acceptors (Lipinski definition) is 0. The van der Waals surface area contributed by atoms with Crippen LogP contribution in [0.15, 0.2) is 12.1 Å². The number of benzene rings is 1. The molecule has 0 heterocycles. The van der Waals surface area contributed by atoms with E-state index in [1.54, 1.807) is 16.7 Å². The van der Waals surface area contributed by atoms with Crippen molar-refractivity contribution in [3.8, 4) is 0 Å². The van der Waals surface area contributed by atoms with Crippen LogP contribution in [0.3, 0.4) is 0 Å². The first-order chi connectivity index (χ1) is 11.7. The topological polar surface area (TPSA) is 0 Å². The standard InChI is InChI=1S/C25H42/c1-10-16(4)22(12-3)23-14-20(11-2)21(13-17(23)5)15-24-18(6)25(8,9)19(24)7/h13-14,16,18-19,22,24H,10-12,15H2,1-9H3. The van der Waals surface area contributed by atoms with E-state index in [2.05, 4.69) is 74.4 Å². The lowest BCUT2D eigenvalue weighted by atomic mass is 9.48. The van der Waals surface area contributed by atoms with Gasteiger partial charge in [-0.15, -0.1) is 0 Å². The molecule has 2 rings (SSSR count). The quantitative estimate of drug-likeness (QED) is 0.479. The van der Waals surface area contributed by atoms with Gasteiger partial charge in [-0.1, -0.05) is 73.9 Å². The molecule has 0 N–H and O–H groups in total. The first kappa shape index (κ1) is 20.5. The van der Waals surface area contributed by atoms with Gasteiger partial charge in [0.25, 0.3) is 0 Å². The van der Waals surface area contributed by atoms with Crippen molar-refractivity contribution in [2.75, 3.05) is 0 Å². The van der Waals surface area contributed by atoms with Crippen molar-refractivity contribution >= 4 is 0 Å². The van der Waals surface area contributed by atoms with Gasteiger partial charge in [0.2, 0.25) is 0 Å². The van der Waals surface area contributed by atoms with E-state index in [4.69, 9.17) is 0 Å². The fourth-order valence-corrected chi connectivity index (χ4v) is 5.40. The fraction of sp³-hybridized carbons (Fsp3) is 0.760. The predicted octanol–water partition coefficient (Wildman–Crippen LogP) is 7.57. The van der Waals surface area contributed by atoms with E-state index < -0.39 is 0 Å². The maximum absolute atomic E-state index is 2.57. The largest absolute Gasteiger partial charge is 0.0651 e. The van der Waals surface area contributed by atoms with Crippen molar-refractivity contribution in [1.29, 1.82) is 0 Å². The highest BCUT2D eigenvalue weighted by atomic mass is 14.5. The summed E-state index contributed by atoms with van der Waals surface area (Å²) in [5.74, 6) is 3.99. The summed E-state index contributed by atoms with van der Waals surface area (Å²) in [7, 11) is 0. The minimum Gasteiger partial charge on any atom is -0.0651 e. The Hall–Kier alpha value is -0.780. The summed E-state index contributed by atoms with van der Waals surface area (Å²) in [6, 6.07) is 5.12. The molecule has 1 saturated carbocycles. The average Bonchev–Trinajstić information content (AvgIpc) is 2.60. The Morgan fingerprint density at radius 2 is 1.56 bits per heavy atom. The molecule has 0 spiro atoms. The third kappa shape index (κ3) is 3.69. The van der Waals surface area contributed by atoms with Crippen molar-refractivity contribution in [1.82, 2.24) is 0 Å². The minimum absolute atomic E-state index is 0.510. The van der Waals surface area contributed by atoms with E-state index in [0.717, 1.165) is 23.7 Å². The first-order valence-corrected chi connectivity index (χ1v) is 10.8. The molecule has 0 amide bonds. The highest BCUT2D eigenvalue weighted by molar-refractivity contribution is 5.40. The first-order valence-electron chi connectivity index (χ1n) is 10.8. The lowest BCUT2D eigenvalue weighted by Crippen LogP contribution is -2.51. The zero-order valence-electron chi connectivity index (χ0n) is 18.4. The summed E-state index contributed by atoms with van der Waals surface area (Å²) in [5, 5.41) is 0. The van der Waals surface area contributed by atoms with Gasteiger partial charge in [-0.25, -0.2) is 0 Å². The minimum atomic E-state index is 0.510. The molecule has 142 valence electrons. The zero-order valence-corrected chi connectivity index (χ0v) is 18.4. The normalized spacial score (nSPS) is 27.6. The molecule has 1 aliphatic carbocycles. The summed E-state index contributed by atoms with van der Waals surface area (Å²) in [6.07, 6.45) is 4.96. The van der Waals surface area contributed by atoms with Gasteiger partial charge in [-0.2, -0.15) is 0 Å². The third-order valence-corrected chi connectivity index (χ3v) is 8.23. The van der Waals surface area contributed by atoms with Crippen LogP contribution in [0, 0.1) is 36.0 Å². The molecule has 0 saturated heterocycles. The molecule has 0 bridgehead atoms. The number of rotatable bonds is 7. The van der Waals surface area contributed by atoms with Crippen molar-refractivity contribution in [3.63, 3.8) is 0 Å². The van der Waals surface area contributed by atoms with Crippen LogP contribution in [-0.2, 0) is 12.8 Å². The Labute approximate surface area is 157 Å². The van der Waals surface area contributed by atoms with Crippen LogP contribution >= 0.6 is 0 Å². The molecule has 1 aliphatic rings. The lowest BCUT2D eigenvalue weighted by molar-refractivity contribution is -0.0751. The Morgan fingerprint density at radius 1 is 0.960 bits per heavy atom. The summed E-state index contributed by atoms with van der Waals surface area (Å²) >= 11 is 0. The van der Waals surface area contributed by atoms with Crippen LogP contribution < -0.4 is 0 Å². The Bertz CT molecular complexity index is 568. The van der Waals surface area contributed by atoms with Crippen LogP contribution in [0.25, 0.3) is 0 Å². The molecule has 0 heteroatoms. The molecule has 0 nitrogen and oxygen atoms in total. The smallest absolute Gasteiger partial charge is 0.0136 e. The maximum atomic E-state index is 2.57. The van der Waals surface area contributed by atoms with Crippen molar-refractivity contribution in [2.45, 2.75) is 93.9 Å². The molecule has 4 unspecified atom stereocenters. The molecule has 0 aliphatic heterocycles. The Morgan fingerprint density at radius 3 is 2.04 bits per heavy atom. The van der Waals surface area contributed by atoms with Gasteiger partial charge < -0.3 is 0 Å². The van der Waals surface area contributed by atoms with Crippen molar-refractivity contribution in [2.24, 2.45) is 29.1 Å². The van der Waals surface area contributed by atoms with Gasteiger partial charge in [0.05, 0.1) is 0 Å². The number of aryl methyl sites for hydroxylation is 2. The molecular weight excluding hydrogens is 300 g/mol. The Balaban J connectivity index is 2.31. The second kappa shape index (κ2) is 7.85. The van der Waals surface area contributed by atoms with Gasteiger partial charge in [0.1, 0.15) is 0 Å². The van der Waals surface area contributed by atoms with Crippen molar-refractivity contribution in [3.05, 3.63) is 34.4 Å². The summed E-state index contributed by atoms with van der Waals surface area (Å²) in [6.45, 7) is 21.6. The van der Waals surface area contributed by atoms with E-state index >= 15 is 0 Å². The van der Waals surface area contributed by atoms with Gasteiger partial charge in [0.15, 0.2) is 0 Å². The molecule has 0 aromatic heterocycles. The van der Waals surface area contributed by atoms with E-state index in [-0.39, 0.29) is 0 Å².